The smallest absolute Gasteiger partial charge is 0.0389 e. The molecule has 0 heteroatoms. The summed E-state index contributed by atoms with van der Waals surface area (Å²) in [5.41, 5.74) is 0. The largest absolute Gasteiger partial charge is 0.0625 e. The van der Waals surface area contributed by atoms with Crippen LogP contribution in [0.15, 0.2) is 0 Å². The minimum Gasteiger partial charge on any atom is -0.0625 e. The van der Waals surface area contributed by atoms with Crippen LogP contribution in [0.2, 0.25) is 0 Å². The molecule has 0 nitrogen and oxygen atoms in total. The molecule has 10 atom stereocenters. The van der Waals surface area contributed by atoms with Gasteiger partial charge in [0.25, 0.3) is 0 Å². The highest BCUT2D eigenvalue weighted by molar-refractivity contribution is 4.79. The first-order chi connectivity index (χ1) is 13.8. The minimum atomic E-state index is 0.948. The van der Waals surface area contributed by atoms with Crippen LogP contribution >= 0.6 is 0 Å². The van der Waals surface area contributed by atoms with Crippen molar-refractivity contribution in [3.05, 3.63) is 0 Å². The van der Waals surface area contributed by atoms with E-state index in [-0.39, 0.29) is 0 Å². The second-order valence-electron chi connectivity index (χ2n) is 13.0. The quantitative estimate of drug-likeness (QED) is 0.365. The summed E-state index contributed by atoms with van der Waals surface area (Å²) < 4.78 is 0. The van der Waals surface area contributed by atoms with Crippen molar-refractivity contribution in [3.63, 3.8) is 0 Å². The van der Waals surface area contributed by atoms with Crippen LogP contribution in [0.4, 0.5) is 0 Å². The van der Waals surface area contributed by atoms with Crippen molar-refractivity contribution >= 4 is 0 Å². The molecule has 0 spiro atoms. The van der Waals surface area contributed by atoms with Gasteiger partial charge in [-0.1, -0.05) is 95.9 Å². The van der Waals surface area contributed by atoms with Gasteiger partial charge in [0.1, 0.15) is 0 Å². The fourth-order valence-corrected chi connectivity index (χ4v) is 6.55. The van der Waals surface area contributed by atoms with Gasteiger partial charge in [0.05, 0.1) is 0 Å². The van der Waals surface area contributed by atoms with Crippen LogP contribution in [0.3, 0.4) is 0 Å². The zero-order chi connectivity index (χ0) is 23.2. The fourth-order valence-electron chi connectivity index (χ4n) is 6.55. The Balaban J connectivity index is 0.000000225. The maximum Gasteiger partial charge on any atom is -0.0389 e. The van der Waals surface area contributed by atoms with Crippen molar-refractivity contribution in [2.45, 2.75) is 122 Å². The Morgan fingerprint density at radius 3 is 0.900 bits per heavy atom. The van der Waals surface area contributed by atoms with E-state index in [2.05, 4.69) is 83.1 Å². The molecule has 3 saturated carbocycles. The molecule has 0 aromatic carbocycles. The van der Waals surface area contributed by atoms with Crippen LogP contribution in [0.25, 0.3) is 0 Å². The van der Waals surface area contributed by atoms with Crippen molar-refractivity contribution in [1.82, 2.24) is 0 Å². The first-order valence-corrected chi connectivity index (χ1v) is 13.8. The van der Waals surface area contributed by atoms with Gasteiger partial charge in [0.15, 0.2) is 0 Å². The topological polar surface area (TPSA) is 0 Å². The summed E-state index contributed by atoms with van der Waals surface area (Å²) in [5, 5.41) is 0. The first-order valence-electron chi connectivity index (χ1n) is 13.8. The Hall–Kier alpha value is 0. The lowest BCUT2D eigenvalue weighted by Gasteiger charge is -2.36. The molecule has 0 radical (unpaired) electrons. The lowest BCUT2D eigenvalue weighted by atomic mass is 9.69. The highest BCUT2D eigenvalue weighted by Gasteiger charge is 2.29. The van der Waals surface area contributed by atoms with Crippen molar-refractivity contribution in [3.8, 4) is 0 Å². The van der Waals surface area contributed by atoms with E-state index in [1.807, 2.05) is 0 Å². The van der Waals surface area contributed by atoms with Crippen LogP contribution in [-0.2, 0) is 0 Å². The van der Waals surface area contributed by atoms with E-state index in [1.165, 1.54) is 38.5 Å². The van der Waals surface area contributed by atoms with Crippen molar-refractivity contribution in [1.29, 1.82) is 0 Å². The summed E-state index contributed by atoms with van der Waals surface area (Å²) in [6, 6.07) is 0. The molecule has 0 heterocycles. The fraction of sp³-hybridized carbons (Fsp3) is 1.00. The van der Waals surface area contributed by atoms with E-state index in [0.29, 0.717) is 0 Å². The third kappa shape index (κ3) is 8.50. The van der Waals surface area contributed by atoms with E-state index in [1.54, 1.807) is 0 Å². The highest BCUT2D eigenvalue weighted by Crippen LogP contribution is 2.38. The normalized spacial score (nSPS) is 49.2. The van der Waals surface area contributed by atoms with Crippen molar-refractivity contribution < 1.29 is 0 Å². The SMILES string of the molecule is CC1CC(C)C(C)C(C)C1.CC1CC(C)C(C)CC1C.CC1CCC(C)C(C)C1C. The first kappa shape index (κ1) is 28.0. The maximum absolute atomic E-state index is 2.41. The highest BCUT2D eigenvalue weighted by atomic mass is 14.3. The lowest BCUT2D eigenvalue weighted by molar-refractivity contribution is 0.137. The molecule has 3 aliphatic carbocycles. The molecule has 0 aromatic rings. The number of hydrogen-bond acceptors (Lipinski definition) is 0. The van der Waals surface area contributed by atoms with Crippen LogP contribution in [0, 0.1) is 71.0 Å². The van der Waals surface area contributed by atoms with Gasteiger partial charge in [0.2, 0.25) is 0 Å². The summed E-state index contributed by atoms with van der Waals surface area (Å²) in [6.45, 7) is 28.8. The van der Waals surface area contributed by atoms with Crippen LogP contribution in [0.1, 0.15) is 122 Å². The molecule has 0 bridgehead atoms. The van der Waals surface area contributed by atoms with Gasteiger partial charge in [-0.05, 0) is 96.7 Å². The van der Waals surface area contributed by atoms with E-state index >= 15 is 0 Å². The van der Waals surface area contributed by atoms with E-state index < -0.39 is 0 Å². The Morgan fingerprint density at radius 1 is 0.300 bits per heavy atom. The van der Waals surface area contributed by atoms with Gasteiger partial charge in [-0.2, -0.15) is 0 Å². The van der Waals surface area contributed by atoms with Crippen LogP contribution in [0.5, 0.6) is 0 Å². The molecular weight excluding hydrogens is 360 g/mol. The third-order valence-electron chi connectivity index (χ3n) is 10.5. The van der Waals surface area contributed by atoms with E-state index in [0.717, 1.165) is 71.0 Å². The minimum absolute atomic E-state index is 0.948. The zero-order valence-electron chi connectivity index (χ0n) is 23.2. The summed E-state index contributed by atoms with van der Waals surface area (Å²) in [7, 11) is 0. The lowest BCUT2D eigenvalue weighted by Crippen LogP contribution is -2.27. The summed E-state index contributed by atoms with van der Waals surface area (Å²) >= 11 is 0. The Labute approximate surface area is 192 Å². The standard InChI is InChI=1S/3C10H20/c1-7-5-9(3)10(4)6-8(7)2;1-7-5-8(2)10(4)9(3)6-7;1-7-5-6-8(2)10(4)9(7)3/h3*7-10H,5-6H2,1-4H3. The molecule has 0 N–H and O–H groups in total. The molecular formula is C30H60. The van der Waals surface area contributed by atoms with Crippen LogP contribution in [-0.4, -0.2) is 0 Å². The summed E-state index contributed by atoms with van der Waals surface area (Å²) in [5.74, 6) is 11.5. The average Bonchev–Trinajstić information content (AvgIpc) is 2.67. The van der Waals surface area contributed by atoms with Crippen molar-refractivity contribution in [2.24, 2.45) is 71.0 Å². The molecule has 0 amide bonds. The summed E-state index contributed by atoms with van der Waals surface area (Å²) in [6.07, 6.45) is 8.70. The molecule has 3 fully saturated rings. The second-order valence-corrected chi connectivity index (χ2v) is 13.0. The molecule has 0 aromatic heterocycles. The number of hydrogen-bond donors (Lipinski definition) is 0. The van der Waals surface area contributed by atoms with Gasteiger partial charge >= 0.3 is 0 Å². The molecule has 3 aliphatic rings. The molecule has 180 valence electrons. The second kappa shape index (κ2) is 12.9. The van der Waals surface area contributed by atoms with Gasteiger partial charge < -0.3 is 0 Å². The van der Waals surface area contributed by atoms with Crippen LogP contribution < -0.4 is 0 Å². The summed E-state index contributed by atoms with van der Waals surface area (Å²) in [4.78, 5) is 0. The average molecular weight is 421 g/mol. The Morgan fingerprint density at radius 2 is 0.600 bits per heavy atom. The molecule has 10 unspecified atom stereocenters. The zero-order valence-corrected chi connectivity index (χ0v) is 23.2. The predicted octanol–water partition coefficient (Wildman–Crippen LogP) is 9.97. The predicted molar refractivity (Wildman–Crippen MR) is 138 cm³/mol. The maximum atomic E-state index is 2.41. The molecule has 0 saturated heterocycles. The molecule has 30 heavy (non-hydrogen) atoms. The van der Waals surface area contributed by atoms with Gasteiger partial charge in [-0.25, -0.2) is 0 Å². The third-order valence-corrected chi connectivity index (χ3v) is 10.5. The Bertz CT molecular complexity index is 401. The van der Waals surface area contributed by atoms with Gasteiger partial charge in [-0.15, -0.1) is 0 Å². The van der Waals surface area contributed by atoms with E-state index in [4.69, 9.17) is 0 Å². The number of rotatable bonds is 0. The van der Waals surface area contributed by atoms with Gasteiger partial charge in [-0.3, -0.25) is 0 Å². The van der Waals surface area contributed by atoms with Crippen molar-refractivity contribution in [2.75, 3.05) is 0 Å². The Kier molecular flexibility index (Phi) is 12.0. The molecule has 3 rings (SSSR count). The van der Waals surface area contributed by atoms with Gasteiger partial charge in [0, 0.05) is 0 Å². The monoisotopic (exact) mass is 420 g/mol. The van der Waals surface area contributed by atoms with E-state index in [9.17, 15) is 0 Å². The molecule has 0 aliphatic heterocycles.